The van der Waals surface area contributed by atoms with Gasteiger partial charge >= 0.3 is 0 Å². The summed E-state index contributed by atoms with van der Waals surface area (Å²) >= 11 is 17.6. The summed E-state index contributed by atoms with van der Waals surface area (Å²) in [4.78, 5) is 0. The van der Waals surface area contributed by atoms with Crippen molar-refractivity contribution < 1.29 is 0 Å². The Balaban J connectivity index is 2.46. The molecule has 1 aliphatic rings. The van der Waals surface area contributed by atoms with Gasteiger partial charge in [0.05, 0.1) is 8.16 Å². The van der Waals surface area contributed by atoms with Gasteiger partial charge in [0.25, 0.3) is 0 Å². The van der Waals surface area contributed by atoms with E-state index in [2.05, 4.69) is 50.5 Å². The molecule has 0 atom stereocenters. The van der Waals surface area contributed by atoms with Crippen LogP contribution in [0.25, 0.3) is 0 Å². The second-order valence-corrected chi connectivity index (χ2v) is 7.09. The highest BCUT2D eigenvalue weighted by atomic mass is 32.2. The van der Waals surface area contributed by atoms with Crippen LogP contribution in [0.15, 0.2) is 0 Å². The number of rotatable bonds is 0. The van der Waals surface area contributed by atoms with Gasteiger partial charge in [-0.15, -0.1) is 0 Å². The Morgan fingerprint density at radius 2 is 0.800 bits per heavy atom. The van der Waals surface area contributed by atoms with E-state index in [1.165, 1.54) is 0 Å². The number of hydrogen-bond donors (Lipinski definition) is 4. The lowest BCUT2D eigenvalue weighted by Crippen LogP contribution is -2.28. The van der Waals surface area contributed by atoms with Crippen molar-refractivity contribution in [2.45, 2.75) is 33.8 Å². The maximum atomic E-state index is 4.39. The van der Waals surface area contributed by atoms with Crippen molar-refractivity contribution in [1.29, 1.82) is 0 Å². The van der Waals surface area contributed by atoms with Gasteiger partial charge in [-0.2, -0.15) is 50.5 Å². The van der Waals surface area contributed by atoms with Gasteiger partial charge in [-0.1, -0.05) is 0 Å². The third-order valence-electron chi connectivity index (χ3n) is 1.85. The van der Waals surface area contributed by atoms with Crippen LogP contribution in [0.1, 0.15) is 25.7 Å². The van der Waals surface area contributed by atoms with Crippen molar-refractivity contribution in [2.24, 2.45) is 0 Å². The maximum absolute atomic E-state index is 4.39. The zero-order valence-corrected chi connectivity index (χ0v) is 9.19. The highest BCUT2D eigenvalue weighted by Gasteiger charge is 2.34. The Labute approximate surface area is 84.2 Å². The monoisotopic (exact) mass is 212 g/mol. The van der Waals surface area contributed by atoms with Gasteiger partial charge in [-0.3, -0.25) is 0 Å². The minimum atomic E-state index is -0.0744. The molecular weight excluding hydrogens is 200 g/mol. The van der Waals surface area contributed by atoms with Gasteiger partial charge in [-0.25, -0.2) is 0 Å². The van der Waals surface area contributed by atoms with E-state index in [4.69, 9.17) is 0 Å². The molecule has 1 rings (SSSR count). The molecule has 0 radical (unpaired) electrons. The summed E-state index contributed by atoms with van der Waals surface area (Å²) in [5.41, 5.74) is 0. The summed E-state index contributed by atoms with van der Waals surface area (Å²) < 4.78 is -0.149. The second kappa shape index (κ2) is 3.04. The first-order valence-electron chi connectivity index (χ1n) is 3.31. The minimum Gasteiger partial charge on any atom is -0.162 e. The zero-order chi connectivity index (χ0) is 7.83. The van der Waals surface area contributed by atoms with Gasteiger partial charge in [0.2, 0.25) is 0 Å². The van der Waals surface area contributed by atoms with E-state index in [1.807, 2.05) is 0 Å². The fourth-order valence-corrected chi connectivity index (χ4v) is 1.95. The lowest BCUT2D eigenvalue weighted by molar-refractivity contribution is 0.486. The molecule has 0 unspecified atom stereocenters. The molecule has 0 bridgehead atoms. The predicted molar refractivity (Wildman–Crippen MR) is 59.9 cm³/mol. The molecule has 1 saturated carbocycles. The van der Waals surface area contributed by atoms with E-state index >= 15 is 0 Å². The molecule has 0 heterocycles. The number of thiol groups is 4. The normalized spacial score (nSPS) is 30.0. The van der Waals surface area contributed by atoms with E-state index < -0.39 is 0 Å². The van der Waals surface area contributed by atoms with Crippen LogP contribution in [0, 0.1) is 0 Å². The molecule has 0 nitrogen and oxygen atoms in total. The summed E-state index contributed by atoms with van der Waals surface area (Å²) in [5, 5.41) is 0. The van der Waals surface area contributed by atoms with Crippen molar-refractivity contribution in [1.82, 2.24) is 0 Å². The fourth-order valence-electron chi connectivity index (χ4n) is 1.05. The van der Waals surface area contributed by atoms with Crippen LogP contribution in [-0.2, 0) is 0 Å². The summed E-state index contributed by atoms with van der Waals surface area (Å²) in [6.45, 7) is 0. The van der Waals surface area contributed by atoms with Crippen LogP contribution in [-0.4, -0.2) is 8.16 Å². The van der Waals surface area contributed by atoms with Crippen molar-refractivity contribution >= 4 is 50.5 Å². The molecule has 0 aromatic heterocycles. The van der Waals surface area contributed by atoms with Crippen LogP contribution in [0.5, 0.6) is 0 Å². The van der Waals surface area contributed by atoms with Crippen molar-refractivity contribution in [3.05, 3.63) is 0 Å². The van der Waals surface area contributed by atoms with Gasteiger partial charge in [0.1, 0.15) is 0 Å². The number of hydrogen-bond acceptors (Lipinski definition) is 4. The van der Waals surface area contributed by atoms with Crippen LogP contribution >= 0.6 is 50.5 Å². The minimum absolute atomic E-state index is 0.0744. The van der Waals surface area contributed by atoms with Crippen LogP contribution in [0.4, 0.5) is 0 Å². The molecule has 1 fully saturated rings. The second-order valence-electron chi connectivity index (χ2n) is 2.96. The molecule has 0 spiro atoms. The standard InChI is InChI=1S/C6H12S4/c7-5(8)1-2-6(9,10)4-3-5/h7-10H,1-4H2. The van der Waals surface area contributed by atoms with Crippen LogP contribution in [0.3, 0.4) is 0 Å². The van der Waals surface area contributed by atoms with Crippen molar-refractivity contribution in [2.75, 3.05) is 0 Å². The molecule has 4 heteroatoms. The third kappa shape index (κ3) is 2.80. The molecule has 0 N–H and O–H groups in total. The zero-order valence-electron chi connectivity index (χ0n) is 5.62. The highest BCUT2D eigenvalue weighted by Crippen LogP contribution is 2.45. The average molecular weight is 212 g/mol. The van der Waals surface area contributed by atoms with Gasteiger partial charge in [0, 0.05) is 0 Å². The molecule has 10 heavy (non-hydrogen) atoms. The summed E-state index contributed by atoms with van der Waals surface area (Å²) in [5.74, 6) is 0. The van der Waals surface area contributed by atoms with Gasteiger partial charge in [0.15, 0.2) is 0 Å². The highest BCUT2D eigenvalue weighted by molar-refractivity contribution is 8.01. The lowest BCUT2D eigenvalue weighted by atomic mass is 9.98. The largest absolute Gasteiger partial charge is 0.162 e. The van der Waals surface area contributed by atoms with Gasteiger partial charge in [-0.05, 0) is 25.7 Å². The van der Waals surface area contributed by atoms with E-state index in [0.717, 1.165) is 25.7 Å². The molecular formula is C6H12S4. The average Bonchev–Trinajstić information content (AvgIpc) is 1.79. The third-order valence-corrected chi connectivity index (χ3v) is 3.64. The first kappa shape index (κ1) is 9.49. The quantitative estimate of drug-likeness (QED) is 0.344. The molecule has 0 aromatic rings. The first-order chi connectivity index (χ1) is 4.41. The molecule has 1 aliphatic carbocycles. The molecule has 0 saturated heterocycles. The summed E-state index contributed by atoms with van der Waals surface area (Å²) in [6, 6.07) is 0. The lowest BCUT2D eigenvalue weighted by Gasteiger charge is -2.36. The topological polar surface area (TPSA) is 0 Å². The van der Waals surface area contributed by atoms with Gasteiger partial charge < -0.3 is 0 Å². The Kier molecular flexibility index (Phi) is 2.88. The van der Waals surface area contributed by atoms with Crippen LogP contribution < -0.4 is 0 Å². The van der Waals surface area contributed by atoms with Crippen molar-refractivity contribution in [3.63, 3.8) is 0 Å². The maximum Gasteiger partial charge on any atom is 0.0553 e. The summed E-state index contributed by atoms with van der Waals surface area (Å²) in [7, 11) is 0. The molecule has 0 amide bonds. The van der Waals surface area contributed by atoms with E-state index in [1.54, 1.807) is 0 Å². The SMILES string of the molecule is SC1(S)CCC(S)(S)CC1. The Bertz CT molecular complexity index is 102. The summed E-state index contributed by atoms with van der Waals surface area (Å²) in [6.07, 6.45) is 3.97. The smallest absolute Gasteiger partial charge is 0.0553 e. The molecule has 60 valence electrons. The Morgan fingerprint density at radius 1 is 0.600 bits per heavy atom. The Hall–Kier alpha value is 1.40. The van der Waals surface area contributed by atoms with E-state index in [0.29, 0.717) is 0 Å². The van der Waals surface area contributed by atoms with E-state index in [-0.39, 0.29) is 8.16 Å². The molecule has 0 aromatic carbocycles. The van der Waals surface area contributed by atoms with Crippen LogP contribution in [0.2, 0.25) is 0 Å². The predicted octanol–water partition coefficient (Wildman–Crippen LogP) is 2.67. The Morgan fingerprint density at radius 3 is 1.00 bits per heavy atom. The van der Waals surface area contributed by atoms with E-state index in [9.17, 15) is 0 Å². The first-order valence-corrected chi connectivity index (χ1v) is 5.10. The molecule has 0 aliphatic heterocycles. The van der Waals surface area contributed by atoms with Crippen molar-refractivity contribution in [3.8, 4) is 0 Å². The fraction of sp³-hybridized carbons (Fsp3) is 1.00.